The molecule has 0 aliphatic rings. The van der Waals surface area contributed by atoms with Crippen molar-refractivity contribution in [2.24, 2.45) is 5.10 Å². The predicted octanol–water partition coefficient (Wildman–Crippen LogP) is 3.04. The molecule has 2 aromatic heterocycles. The lowest BCUT2D eigenvalue weighted by Gasteiger charge is -2.08. The van der Waals surface area contributed by atoms with E-state index in [0.29, 0.717) is 6.54 Å². The minimum Gasteiger partial charge on any atom is -0.497 e. The number of hydrogen-bond acceptors (Lipinski definition) is 5. The number of pyridine rings is 1. The zero-order valence-electron chi connectivity index (χ0n) is 15.0. The normalized spacial score (nSPS) is 10.9. The van der Waals surface area contributed by atoms with Gasteiger partial charge < -0.3 is 9.30 Å². The van der Waals surface area contributed by atoms with E-state index in [9.17, 15) is 9.59 Å². The Bertz CT molecular complexity index is 1020. The first kappa shape index (κ1) is 18.6. The van der Waals surface area contributed by atoms with Gasteiger partial charge in [-0.2, -0.15) is 5.10 Å². The number of ether oxygens (including phenoxy) is 1. The van der Waals surface area contributed by atoms with Crippen LogP contribution in [0, 0.1) is 6.92 Å². The number of carbonyl (C=O) groups is 1. The Morgan fingerprint density at radius 2 is 2.04 bits per heavy atom. The number of amides is 1. The number of thiophene rings is 1. The van der Waals surface area contributed by atoms with Gasteiger partial charge in [0.2, 0.25) is 0 Å². The number of nitrogens with zero attached hydrogens (tertiary/aromatic N) is 2. The summed E-state index contributed by atoms with van der Waals surface area (Å²) in [5, 5.41) is 5.90. The number of hydrogen-bond donors (Lipinski definition) is 1. The van der Waals surface area contributed by atoms with Crippen LogP contribution < -0.4 is 15.7 Å². The molecule has 0 fully saturated rings. The number of hydrazone groups is 1. The predicted molar refractivity (Wildman–Crippen MR) is 107 cm³/mol. The van der Waals surface area contributed by atoms with Crippen molar-refractivity contribution >= 4 is 23.5 Å². The van der Waals surface area contributed by atoms with Crippen LogP contribution in [0.2, 0.25) is 0 Å². The second-order valence-electron chi connectivity index (χ2n) is 5.87. The maximum Gasteiger partial charge on any atom is 0.276 e. The van der Waals surface area contributed by atoms with Crippen molar-refractivity contribution in [1.82, 2.24) is 9.99 Å². The van der Waals surface area contributed by atoms with Crippen LogP contribution in [0.15, 0.2) is 63.9 Å². The van der Waals surface area contributed by atoms with E-state index >= 15 is 0 Å². The zero-order chi connectivity index (χ0) is 19.2. The van der Waals surface area contributed by atoms with Gasteiger partial charge >= 0.3 is 0 Å². The molecule has 27 heavy (non-hydrogen) atoms. The third-order valence-electron chi connectivity index (χ3n) is 4.03. The topological polar surface area (TPSA) is 72.7 Å². The van der Waals surface area contributed by atoms with Crippen molar-refractivity contribution in [3.8, 4) is 5.75 Å². The van der Waals surface area contributed by atoms with Crippen LogP contribution in [0.5, 0.6) is 5.75 Å². The Morgan fingerprint density at radius 3 is 2.70 bits per heavy atom. The van der Waals surface area contributed by atoms with Gasteiger partial charge in [0, 0.05) is 11.1 Å². The molecule has 1 aromatic carbocycles. The highest BCUT2D eigenvalue weighted by Crippen LogP contribution is 2.13. The van der Waals surface area contributed by atoms with Gasteiger partial charge in [0.25, 0.3) is 11.5 Å². The molecule has 0 bridgehead atoms. The van der Waals surface area contributed by atoms with Crippen molar-refractivity contribution in [2.45, 2.75) is 13.5 Å². The molecule has 0 spiro atoms. The second kappa shape index (κ2) is 8.46. The van der Waals surface area contributed by atoms with Crippen LogP contribution in [0.1, 0.15) is 26.4 Å². The first-order valence-electron chi connectivity index (χ1n) is 8.28. The SMILES string of the molecule is COc1ccc(Cn2cccc(C(=O)N/N=C\c3sccc3C)c2=O)cc1. The molecule has 138 valence electrons. The van der Waals surface area contributed by atoms with E-state index < -0.39 is 5.91 Å². The molecular formula is C20H19N3O3S. The number of aromatic nitrogens is 1. The number of carbonyl (C=O) groups excluding carboxylic acids is 1. The van der Waals surface area contributed by atoms with Crippen LogP contribution in [0.25, 0.3) is 0 Å². The van der Waals surface area contributed by atoms with Crippen molar-refractivity contribution < 1.29 is 9.53 Å². The van der Waals surface area contributed by atoms with Crippen molar-refractivity contribution in [3.05, 3.63) is 86.0 Å². The van der Waals surface area contributed by atoms with Gasteiger partial charge in [-0.05, 0) is 53.8 Å². The fourth-order valence-corrected chi connectivity index (χ4v) is 3.27. The number of benzene rings is 1. The minimum atomic E-state index is -0.533. The summed E-state index contributed by atoms with van der Waals surface area (Å²) in [5.74, 6) is 0.215. The third kappa shape index (κ3) is 4.51. The molecule has 6 nitrogen and oxygen atoms in total. The van der Waals surface area contributed by atoms with Crippen LogP contribution >= 0.6 is 11.3 Å². The summed E-state index contributed by atoms with van der Waals surface area (Å²) in [4.78, 5) is 25.9. The fourth-order valence-electron chi connectivity index (χ4n) is 2.49. The first-order chi connectivity index (χ1) is 13.1. The van der Waals surface area contributed by atoms with Crippen LogP contribution in [0.3, 0.4) is 0 Å². The molecule has 0 saturated heterocycles. The van der Waals surface area contributed by atoms with Gasteiger partial charge in [-0.1, -0.05) is 12.1 Å². The molecule has 0 aliphatic carbocycles. The molecule has 0 saturated carbocycles. The van der Waals surface area contributed by atoms with E-state index in [1.54, 1.807) is 25.6 Å². The molecule has 3 aromatic rings. The van der Waals surface area contributed by atoms with E-state index in [2.05, 4.69) is 10.5 Å². The summed E-state index contributed by atoms with van der Waals surface area (Å²) in [5.41, 5.74) is 4.11. The lowest BCUT2D eigenvalue weighted by Crippen LogP contribution is -2.30. The van der Waals surface area contributed by atoms with Crippen molar-refractivity contribution in [2.75, 3.05) is 7.11 Å². The minimum absolute atomic E-state index is 0.0473. The Balaban J connectivity index is 1.73. The summed E-state index contributed by atoms with van der Waals surface area (Å²) in [6.45, 7) is 2.33. The van der Waals surface area contributed by atoms with Gasteiger partial charge in [0.15, 0.2) is 0 Å². The first-order valence-corrected chi connectivity index (χ1v) is 9.16. The maximum absolute atomic E-state index is 12.6. The van der Waals surface area contributed by atoms with E-state index in [-0.39, 0.29) is 11.1 Å². The van der Waals surface area contributed by atoms with Gasteiger partial charge in [-0.25, -0.2) is 5.43 Å². The summed E-state index contributed by atoms with van der Waals surface area (Å²) >= 11 is 1.53. The van der Waals surface area contributed by atoms with Crippen molar-refractivity contribution in [3.63, 3.8) is 0 Å². The largest absolute Gasteiger partial charge is 0.497 e. The van der Waals surface area contributed by atoms with Crippen LogP contribution in [-0.4, -0.2) is 23.8 Å². The van der Waals surface area contributed by atoms with E-state index in [4.69, 9.17) is 4.74 Å². The van der Waals surface area contributed by atoms with E-state index in [0.717, 1.165) is 21.8 Å². The number of methoxy groups -OCH3 is 1. The molecule has 1 amide bonds. The monoisotopic (exact) mass is 381 g/mol. The second-order valence-corrected chi connectivity index (χ2v) is 6.82. The average molecular weight is 381 g/mol. The van der Waals surface area contributed by atoms with Gasteiger partial charge in [-0.15, -0.1) is 11.3 Å². The number of nitrogens with one attached hydrogen (secondary N) is 1. The maximum atomic E-state index is 12.6. The molecule has 1 N–H and O–H groups in total. The molecule has 0 unspecified atom stereocenters. The third-order valence-corrected chi connectivity index (χ3v) is 4.98. The summed E-state index contributed by atoms with van der Waals surface area (Å²) in [7, 11) is 1.60. The molecule has 0 radical (unpaired) electrons. The zero-order valence-corrected chi connectivity index (χ0v) is 15.8. The molecule has 7 heteroatoms. The molecule has 0 aliphatic heterocycles. The van der Waals surface area contributed by atoms with Gasteiger partial charge in [0.05, 0.1) is 19.9 Å². The highest BCUT2D eigenvalue weighted by Gasteiger charge is 2.11. The Kier molecular flexibility index (Phi) is 5.83. The average Bonchev–Trinajstić information content (AvgIpc) is 3.09. The van der Waals surface area contributed by atoms with Crippen LogP contribution in [-0.2, 0) is 6.54 Å². The summed E-state index contributed by atoms with van der Waals surface area (Å²) < 4.78 is 6.62. The lowest BCUT2D eigenvalue weighted by atomic mass is 10.2. The number of aryl methyl sites for hydroxylation is 1. The Hall–Kier alpha value is -3.19. The standard InChI is InChI=1S/C20H19N3O3S/c1-14-9-11-27-18(14)12-21-22-19(24)17-4-3-10-23(20(17)25)13-15-5-7-16(26-2)8-6-15/h3-12H,13H2,1-2H3,(H,22,24)/b21-12-. The highest BCUT2D eigenvalue weighted by atomic mass is 32.1. The van der Waals surface area contributed by atoms with Crippen molar-refractivity contribution in [1.29, 1.82) is 0 Å². The molecule has 3 rings (SSSR count). The van der Waals surface area contributed by atoms with Gasteiger partial charge in [0.1, 0.15) is 11.3 Å². The van der Waals surface area contributed by atoms with E-state index in [1.807, 2.05) is 42.6 Å². The molecular weight excluding hydrogens is 362 g/mol. The fraction of sp³-hybridized carbons (Fsp3) is 0.150. The summed E-state index contributed by atoms with van der Waals surface area (Å²) in [6.07, 6.45) is 3.23. The summed E-state index contributed by atoms with van der Waals surface area (Å²) in [6, 6.07) is 12.6. The number of rotatable bonds is 6. The quantitative estimate of drug-likeness (QED) is 0.527. The smallest absolute Gasteiger partial charge is 0.276 e. The molecule has 0 atom stereocenters. The Morgan fingerprint density at radius 1 is 1.26 bits per heavy atom. The highest BCUT2D eigenvalue weighted by molar-refractivity contribution is 7.11. The van der Waals surface area contributed by atoms with E-state index in [1.165, 1.54) is 22.0 Å². The van der Waals surface area contributed by atoms with Crippen LogP contribution in [0.4, 0.5) is 0 Å². The molecule has 2 heterocycles. The van der Waals surface area contributed by atoms with Gasteiger partial charge in [-0.3, -0.25) is 9.59 Å². The lowest BCUT2D eigenvalue weighted by molar-refractivity contribution is 0.0953. The Labute approximate surface area is 160 Å².